The van der Waals surface area contributed by atoms with Crippen LogP contribution in [0.1, 0.15) is 38.5 Å². The van der Waals surface area contributed by atoms with Gasteiger partial charge in [-0.2, -0.15) is 0 Å². The molecule has 0 amide bonds. The van der Waals surface area contributed by atoms with Crippen molar-refractivity contribution in [3.05, 3.63) is 24.3 Å². The molecule has 3 atom stereocenters. The molecule has 2 bridgehead atoms. The molecule has 0 N–H and O–H groups in total. The highest BCUT2D eigenvalue weighted by atomic mass is 16.5. The number of hydrogen-bond donors (Lipinski definition) is 0. The predicted molar refractivity (Wildman–Crippen MR) is 57.1 cm³/mol. The Hall–Kier alpha value is -0.560. The molecule has 1 aliphatic carbocycles. The second-order valence-corrected chi connectivity index (χ2v) is 5.08. The lowest BCUT2D eigenvalue weighted by atomic mass is 9.71. The second-order valence-electron chi connectivity index (χ2n) is 5.08. The summed E-state index contributed by atoms with van der Waals surface area (Å²) in [6, 6.07) is 0. The van der Waals surface area contributed by atoms with E-state index in [2.05, 4.69) is 13.2 Å². The van der Waals surface area contributed by atoms with Gasteiger partial charge in [-0.1, -0.05) is 13.2 Å². The minimum Gasteiger partial charge on any atom is -0.366 e. The third-order valence-electron chi connectivity index (χ3n) is 4.39. The fourth-order valence-corrected chi connectivity index (χ4v) is 3.63. The highest BCUT2D eigenvalue weighted by molar-refractivity contribution is 5.39. The van der Waals surface area contributed by atoms with Gasteiger partial charge in [0.2, 0.25) is 0 Å². The van der Waals surface area contributed by atoms with E-state index in [1.54, 1.807) is 0 Å². The van der Waals surface area contributed by atoms with E-state index >= 15 is 0 Å². The molecule has 0 aromatic rings. The number of hydrogen-bond acceptors (Lipinski definition) is 1. The van der Waals surface area contributed by atoms with E-state index in [-0.39, 0.29) is 5.60 Å². The minimum absolute atomic E-state index is 0.0260. The molecule has 1 saturated carbocycles. The highest BCUT2D eigenvalue weighted by Crippen LogP contribution is 2.54. The van der Waals surface area contributed by atoms with Crippen LogP contribution in [0.15, 0.2) is 24.3 Å². The van der Waals surface area contributed by atoms with Crippen molar-refractivity contribution >= 4 is 0 Å². The highest BCUT2D eigenvalue weighted by Gasteiger charge is 2.52. The predicted octanol–water partition coefficient (Wildman–Crippen LogP) is 3.22. The zero-order chi connectivity index (χ0) is 9.76. The van der Waals surface area contributed by atoms with E-state index in [0.717, 1.165) is 12.3 Å². The number of fused-ring (bicyclic) bond motifs is 1. The van der Waals surface area contributed by atoms with E-state index in [1.165, 1.54) is 43.3 Å². The fraction of sp³-hybridized carbons (Fsp3) is 0.692. The summed E-state index contributed by atoms with van der Waals surface area (Å²) in [6.07, 6.45) is 7.87. The Bertz CT molecular complexity index is 304. The van der Waals surface area contributed by atoms with E-state index in [9.17, 15) is 0 Å². The third-order valence-corrected chi connectivity index (χ3v) is 4.39. The Balaban J connectivity index is 2.03. The summed E-state index contributed by atoms with van der Waals surface area (Å²) in [5.41, 5.74) is 2.50. The molecule has 3 fully saturated rings. The molecule has 1 heteroatoms. The molecular formula is C13H18O. The van der Waals surface area contributed by atoms with Crippen molar-refractivity contribution < 1.29 is 4.74 Å². The van der Waals surface area contributed by atoms with Crippen molar-refractivity contribution in [3.8, 4) is 0 Å². The van der Waals surface area contributed by atoms with Crippen molar-refractivity contribution in [2.75, 3.05) is 0 Å². The van der Waals surface area contributed by atoms with Crippen molar-refractivity contribution in [3.63, 3.8) is 0 Å². The van der Waals surface area contributed by atoms with Crippen LogP contribution < -0.4 is 0 Å². The summed E-state index contributed by atoms with van der Waals surface area (Å²) >= 11 is 0. The maximum absolute atomic E-state index is 6.26. The van der Waals surface area contributed by atoms with Crippen LogP contribution in [0.5, 0.6) is 0 Å². The summed E-state index contributed by atoms with van der Waals surface area (Å²) in [6.45, 7) is 8.38. The first-order chi connectivity index (χ1) is 6.72. The second kappa shape index (κ2) is 2.73. The van der Waals surface area contributed by atoms with Crippen molar-refractivity contribution in [2.45, 2.75) is 50.2 Å². The smallest absolute Gasteiger partial charge is 0.0959 e. The lowest BCUT2D eigenvalue weighted by molar-refractivity contribution is -0.136. The van der Waals surface area contributed by atoms with Crippen LogP contribution in [-0.4, -0.2) is 11.7 Å². The molecule has 3 aliphatic rings. The molecule has 2 aliphatic heterocycles. The molecule has 76 valence electrons. The fourth-order valence-electron chi connectivity index (χ4n) is 3.63. The van der Waals surface area contributed by atoms with Crippen LogP contribution in [0.2, 0.25) is 0 Å². The van der Waals surface area contributed by atoms with Crippen molar-refractivity contribution in [2.24, 2.45) is 5.92 Å². The summed E-state index contributed by atoms with van der Waals surface area (Å²) in [4.78, 5) is 0. The van der Waals surface area contributed by atoms with Gasteiger partial charge in [0.15, 0.2) is 0 Å². The van der Waals surface area contributed by atoms with Gasteiger partial charge >= 0.3 is 0 Å². The van der Waals surface area contributed by atoms with Crippen molar-refractivity contribution in [1.29, 1.82) is 0 Å². The average Bonchev–Trinajstić information content (AvgIpc) is 2.58. The van der Waals surface area contributed by atoms with Gasteiger partial charge in [-0.15, -0.1) is 0 Å². The number of ether oxygens (including phenoxy) is 1. The minimum atomic E-state index is 0.0260. The van der Waals surface area contributed by atoms with Crippen LogP contribution in [0.3, 0.4) is 0 Å². The van der Waals surface area contributed by atoms with Gasteiger partial charge in [0.1, 0.15) is 0 Å². The molecule has 1 nitrogen and oxygen atoms in total. The lowest BCUT2D eigenvalue weighted by Gasteiger charge is -2.49. The van der Waals surface area contributed by atoms with Gasteiger partial charge < -0.3 is 4.74 Å². The average molecular weight is 190 g/mol. The summed E-state index contributed by atoms with van der Waals surface area (Å²) in [5.74, 6) is 0.739. The van der Waals surface area contributed by atoms with Crippen LogP contribution in [0.4, 0.5) is 0 Å². The Labute approximate surface area is 85.8 Å². The largest absolute Gasteiger partial charge is 0.366 e. The lowest BCUT2D eigenvalue weighted by Crippen LogP contribution is -2.49. The topological polar surface area (TPSA) is 9.23 Å². The zero-order valence-corrected chi connectivity index (χ0v) is 8.72. The Kier molecular flexibility index (Phi) is 1.70. The van der Waals surface area contributed by atoms with Gasteiger partial charge in [0.25, 0.3) is 0 Å². The molecule has 2 saturated heterocycles. The van der Waals surface area contributed by atoms with Gasteiger partial charge in [0, 0.05) is 0 Å². The third kappa shape index (κ3) is 0.939. The van der Waals surface area contributed by atoms with Crippen molar-refractivity contribution in [1.82, 2.24) is 0 Å². The van der Waals surface area contributed by atoms with E-state index in [1.807, 2.05) is 0 Å². The molecule has 2 heterocycles. The van der Waals surface area contributed by atoms with Crippen LogP contribution >= 0.6 is 0 Å². The van der Waals surface area contributed by atoms with E-state index in [0.29, 0.717) is 6.10 Å². The molecule has 3 rings (SSSR count). The Morgan fingerprint density at radius 3 is 2.93 bits per heavy atom. The summed E-state index contributed by atoms with van der Waals surface area (Å²) in [7, 11) is 0. The summed E-state index contributed by atoms with van der Waals surface area (Å²) < 4.78 is 6.26. The molecule has 0 radical (unpaired) electrons. The molecule has 3 unspecified atom stereocenters. The monoisotopic (exact) mass is 190 g/mol. The SMILES string of the molecule is C=C1CC2CCC3CCCC3(O2)C1=C. The quantitative estimate of drug-likeness (QED) is 0.570. The molecule has 1 spiro atoms. The maximum Gasteiger partial charge on any atom is 0.0959 e. The molecule has 0 aromatic carbocycles. The van der Waals surface area contributed by atoms with Gasteiger partial charge in [-0.3, -0.25) is 0 Å². The first-order valence-corrected chi connectivity index (χ1v) is 5.78. The van der Waals surface area contributed by atoms with E-state index < -0.39 is 0 Å². The number of rotatable bonds is 0. The zero-order valence-electron chi connectivity index (χ0n) is 8.72. The molecular weight excluding hydrogens is 172 g/mol. The van der Waals surface area contributed by atoms with Gasteiger partial charge in [-0.05, 0) is 55.6 Å². The van der Waals surface area contributed by atoms with Crippen LogP contribution in [-0.2, 0) is 4.74 Å². The Morgan fingerprint density at radius 1 is 1.21 bits per heavy atom. The molecule has 0 aromatic heterocycles. The van der Waals surface area contributed by atoms with Gasteiger partial charge in [0.05, 0.1) is 11.7 Å². The standard InChI is InChI=1S/C13H18O/c1-9-8-12-6-5-11-4-3-7-13(11,14-12)10(9)2/h11-12H,1-8H2. The van der Waals surface area contributed by atoms with Crippen LogP contribution in [0.25, 0.3) is 0 Å². The first kappa shape index (κ1) is 8.72. The Morgan fingerprint density at radius 2 is 2.07 bits per heavy atom. The molecule has 14 heavy (non-hydrogen) atoms. The maximum atomic E-state index is 6.26. The van der Waals surface area contributed by atoms with Crippen LogP contribution in [0, 0.1) is 5.92 Å². The normalized spacial score (nSPS) is 46.6. The summed E-state index contributed by atoms with van der Waals surface area (Å²) in [5, 5.41) is 0. The van der Waals surface area contributed by atoms with Gasteiger partial charge in [-0.25, -0.2) is 0 Å². The van der Waals surface area contributed by atoms with E-state index in [4.69, 9.17) is 4.74 Å². The first-order valence-electron chi connectivity index (χ1n) is 5.78.